The van der Waals surface area contributed by atoms with Crippen LogP contribution in [0.3, 0.4) is 0 Å². The van der Waals surface area contributed by atoms with E-state index in [0.29, 0.717) is 17.0 Å². The average molecular weight is 548 g/mol. The smallest absolute Gasteiger partial charge is 0.269 e. The molecule has 0 atom stereocenters. The summed E-state index contributed by atoms with van der Waals surface area (Å²) in [7, 11) is -2.61. The van der Waals surface area contributed by atoms with E-state index in [-0.39, 0.29) is 32.6 Å². The first kappa shape index (κ1) is 26.3. The van der Waals surface area contributed by atoms with Crippen molar-refractivity contribution in [3.05, 3.63) is 66.5 Å². The van der Waals surface area contributed by atoms with E-state index in [4.69, 9.17) is 18.9 Å². The summed E-state index contributed by atoms with van der Waals surface area (Å²) in [4.78, 5) is 4.22. The topological polar surface area (TPSA) is 135 Å². The Bertz CT molecular complexity index is 1660. The first-order chi connectivity index (χ1) is 17.7. The maximum absolute atomic E-state index is 13.8. The van der Waals surface area contributed by atoms with Crippen molar-refractivity contribution in [1.29, 1.82) is 0 Å². The fourth-order valence-electron chi connectivity index (χ4n) is 3.74. The van der Waals surface area contributed by atoms with Crippen LogP contribution >= 0.6 is 0 Å². The molecule has 0 aliphatic heterocycles. The molecule has 0 bridgehead atoms. The predicted molar refractivity (Wildman–Crippen MR) is 135 cm³/mol. The number of para-hydroxylation sites is 2. The Kier molecular flexibility index (Phi) is 7.30. The largest absolute Gasteiger partial charge is 0.493 e. The Morgan fingerprint density at radius 1 is 0.730 bits per heavy atom. The molecule has 4 rings (SSSR count). The number of benzene rings is 3. The van der Waals surface area contributed by atoms with Crippen molar-refractivity contribution in [3.63, 3.8) is 0 Å². The number of nitrogens with zero attached hydrogens (tertiary/aromatic N) is 2. The van der Waals surface area contributed by atoms with Gasteiger partial charge in [0, 0.05) is 12.1 Å². The normalized spacial score (nSPS) is 11.9. The van der Waals surface area contributed by atoms with Crippen LogP contribution in [0.25, 0.3) is 11.0 Å². The minimum atomic E-state index is -4.22. The molecule has 0 saturated heterocycles. The lowest BCUT2D eigenvalue weighted by Crippen LogP contribution is -2.26. The van der Waals surface area contributed by atoms with Crippen LogP contribution in [0.15, 0.2) is 70.5 Å². The van der Waals surface area contributed by atoms with Gasteiger partial charge in [0.05, 0.1) is 55.8 Å². The van der Waals surface area contributed by atoms with Gasteiger partial charge < -0.3 is 18.9 Å². The van der Waals surface area contributed by atoms with Gasteiger partial charge in [-0.2, -0.15) is 0 Å². The molecule has 0 radical (unpaired) electrons. The number of fused-ring (bicyclic) bond motifs is 1. The second-order valence-electron chi connectivity index (χ2n) is 7.64. The fourth-order valence-corrected chi connectivity index (χ4v) is 6.24. The van der Waals surface area contributed by atoms with Crippen LogP contribution in [0.2, 0.25) is 0 Å². The van der Waals surface area contributed by atoms with E-state index in [1.54, 1.807) is 24.3 Å². The van der Waals surface area contributed by atoms with Gasteiger partial charge in [-0.05, 0) is 36.4 Å². The number of imidazole rings is 1. The van der Waals surface area contributed by atoms with Crippen LogP contribution in [-0.4, -0.2) is 54.2 Å². The van der Waals surface area contributed by atoms with Crippen molar-refractivity contribution in [3.8, 4) is 23.0 Å². The van der Waals surface area contributed by atoms with Crippen molar-refractivity contribution in [2.45, 2.75) is 16.3 Å². The number of sulfonamides is 1. The minimum absolute atomic E-state index is 0.0277. The monoisotopic (exact) mass is 547 g/mol. The summed E-state index contributed by atoms with van der Waals surface area (Å²) in [5, 5.41) is 0. The second-order valence-corrected chi connectivity index (χ2v) is 11.2. The van der Waals surface area contributed by atoms with Gasteiger partial charge in [-0.3, -0.25) is 0 Å². The molecule has 0 fully saturated rings. The SMILES string of the molecule is COc1ccc(S(=O)(=O)NCc2nc3ccccc3n2S(=O)(=O)c2ccc(OC)c(OC)c2)cc1OC. The molecule has 0 amide bonds. The molecule has 3 aromatic carbocycles. The zero-order valence-corrected chi connectivity index (χ0v) is 22.1. The average Bonchev–Trinajstić information content (AvgIpc) is 3.30. The van der Waals surface area contributed by atoms with Crippen molar-refractivity contribution in [2.75, 3.05) is 28.4 Å². The Labute approximate surface area is 214 Å². The third-order valence-corrected chi connectivity index (χ3v) is 8.70. The van der Waals surface area contributed by atoms with Gasteiger partial charge in [0.15, 0.2) is 23.0 Å². The van der Waals surface area contributed by atoms with Gasteiger partial charge in [0.1, 0.15) is 5.82 Å². The van der Waals surface area contributed by atoms with E-state index in [2.05, 4.69) is 9.71 Å². The lowest BCUT2D eigenvalue weighted by molar-refractivity contribution is 0.354. The number of aromatic nitrogens is 2. The molecule has 13 heteroatoms. The molecule has 37 heavy (non-hydrogen) atoms. The first-order valence-corrected chi connectivity index (χ1v) is 13.7. The van der Waals surface area contributed by atoms with E-state index in [0.717, 1.165) is 3.97 Å². The predicted octanol–water partition coefficient (Wildman–Crippen LogP) is 2.79. The molecule has 4 aromatic rings. The Balaban J connectivity index is 1.76. The maximum Gasteiger partial charge on any atom is 0.269 e. The number of hydrogen-bond acceptors (Lipinski definition) is 9. The molecular formula is C24H25N3O8S2. The molecule has 0 aliphatic carbocycles. The molecule has 11 nitrogen and oxygen atoms in total. The standard InChI is InChI=1S/C24H25N3O8S2/c1-32-20-11-9-16(13-22(20)34-3)36(28,29)25-15-24-26-18-7-5-6-8-19(18)27(24)37(30,31)17-10-12-21(33-2)23(14-17)35-4/h5-14,25H,15H2,1-4H3. The molecule has 0 aliphatic rings. The summed E-state index contributed by atoms with van der Waals surface area (Å²) in [5.41, 5.74) is 0.671. The van der Waals surface area contributed by atoms with Crippen LogP contribution in [0, 0.1) is 0 Å². The fraction of sp³-hybridized carbons (Fsp3) is 0.208. The summed E-state index contributed by atoms with van der Waals surface area (Å²) in [6.07, 6.45) is 0. The molecule has 1 N–H and O–H groups in total. The number of methoxy groups -OCH3 is 4. The van der Waals surface area contributed by atoms with E-state index in [9.17, 15) is 16.8 Å². The summed E-state index contributed by atoms with van der Waals surface area (Å²) in [6, 6.07) is 14.9. The van der Waals surface area contributed by atoms with Crippen molar-refractivity contribution >= 4 is 31.1 Å². The van der Waals surface area contributed by atoms with E-state index >= 15 is 0 Å². The highest BCUT2D eigenvalue weighted by molar-refractivity contribution is 7.90. The molecule has 1 heterocycles. The Morgan fingerprint density at radius 3 is 1.86 bits per heavy atom. The molecule has 0 unspecified atom stereocenters. The maximum atomic E-state index is 13.8. The molecule has 1 aromatic heterocycles. The lowest BCUT2D eigenvalue weighted by atomic mass is 10.3. The van der Waals surface area contributed by atoms with Crippen molar-refractivity contribution in [1.82, 2.24) is 13.7 Å². The highest BCUT2D eigenvalue weighted by Gasteiger charge is 2.27. The quantitative estimate of drug-likeness (QED) is 0.318. The number of nitrogens with one attached hydrogen (secondary N) is 1. The van der Waals surface area contributed by atoms with E-state index < -0.39 is 26.6 Å². The molecule has 0 saturated carbocycles. The first-order valence-electron chi connectivity index (χ1n) is 10.8. The zero-order valence-electron chi connectivity index (χ0n) is 20.5. The molecular weight excluding hydrogens is 522 g/mol. The van der Waals surface area contributed by atoms with Crippen LogP contribution in [0.1, 0.15) is 5.82 Å². The van der Waals surface area contributed by atoms with Crippen LogP contribution in [-0.2, 0) is 26.6 Å². The van der Waals surface area contributed by atoms with Crippen molar-refractivity contribution in [2.24, 2.45) is 0 Å². The zero-order chi connectivity index (χ0) is 26.8. The van der Waals surface area contributed by atoms with Gasteiger partial charge in [0.25, 0.3) is 10.0 Å². The molecule has 196 valence electrons. The van der Waals surface area contributed by atoms with Gasteiger partial charge in [-0.25, -0.2) is 30.5 Å². The number of rotatable bonds is 10. The summed E-state index contributed by atoms with van der Waals surface area (Å²) >= 11 is 0. The van der Waals surface area contributed by atoms with Crippen LogP contribution < -0.4 is 23.7 Å². The number of hydrogen-bond donors (Lipinski definition) is 1. The van der Waals surface area contributed by atoms with Crippen LogP contribution in [0.4, 0.5) is 0 Å². The van der Waals surface area contributed by atoms with E-state index in [1.165, 1.54) is 64.8 Å². The Hall–Kier alpha value is -3.81. The highest BCUT2D eigenvalue weighted by atomic mass is 32.2. The minimum Gasteiger partial charge on any atom is -0.493 e. The molecule has 0 spiro atoms. The van der Waals surface area contributed by atoms with Gasteiger partial charge in [0.2, 0.25) is 10.0 Å². The van der Waals surface area contributed by atoms with Crippen molar-refractivity contribution < 1.29 is 35.8 Å². The van der Waals surface area contributed by atoms with Gasteiger partial charge in [-0.15, -0.1) is 0 Å². The third-order valence-electron chi connectivity index (χ3n) is 5.56. The second kappa shape index (κ2) is 10.3. The van der Waals surface area contributed by atoms with Gasteiger partial charge >= 0.3 is 0 Å². The number of ether oxygens (including phenoxy) is 4. The summed E-state index contributed by atoms with van der Waals surface area (Å²) in [5.74, 6) is 1.15. The Morgan fingerprint density at radius 2 is 1.27 bits per heavy atom. The lowest BCUT2D eigenvalue weighted by Gasteiger charge is -2.14. The highest BCUT2D eigenvalue weighted by Crippen LogP contribution is 2.32. The summed E-state index contributed by atoms with van der Waals surface area (Å²) in [6.45, 7) is -0.405. The van der Waals surface area contributed by atoms with Crippen LogP contribution in [0.5, 0.6) is 23.0 Å². The third kappa shape index (κ3) is 4.92. The van der Waals surface area contributed by atoms with Gasteiger partial charge in [-0.1, -0.05) is 12.1 Å². The van der Waals surface area contributed by atoms with E-state index in [1.807, 2.05) is 0 Å². The summed E-state index contributed by atoms with van der Waals surface area (Å²) < 4.78 is 77.9.